The Hall–Kier alpha value is -4.83. The second-order valence-corrected chi connectivity index (χ2v) is 15.3. The molecule has 4 aromatic rings. The van der Waals surface area contributed by atoms with Crippen LogP contribution in [-0.4, -0.2) is 140 Å². The summed E-state index contributed by atoms with van der Waals surface area (Å²) < 4.78 is 7.11. The van der Waals surface area contributed by atoms with E-state index in [4.69, 9.17) is 32.9 Å². The first-order valence-electron chi connectivity index (χ1n) is 18.4. The van der Waals surface area contributed by atoms with E-state index in [0.29, 0.717) is 79.2 Å². The molecule has 2 aromatic carbocycles. The number of halogens is 2. The number of hydrogen-bond acceptors (Lipinski definition) is 10. The minimum absolute atomic E-state index is 0.0323. The molecule has 1 atom stereocenters. The molecule has 17 heteroatoms. The number of hydrogen-bond donors (Lipinski definition) is 2. The van der Waals surface area contributed by atoms with Gasteiger partial charge in [-0.3, -0.25) is 19.5 Å². The molecule has 3 amide bonds. The second kappa shape index (κ2) is 16.5. The van der Waals surface area contributed by atoms with Crippen LogP contribution in [0.3, 0.4) is 0 Å². The molecule has 0 radical (unpaired) electrons. The van der Waals surface area contributed by atoms with E-state index < -0.39 is 16.9 Å². The summed E-state index contributed by atoms with van der Waals surface area (Å²) in [5, 5.41) is 24.9. The number of pyridine rings is 1. The number of amides is 3. The summed E-state index contributed by atoms with van der Waals surface area (Å²) >= 11 is 13.0. The van der Waals surface area contributed by atoms with Gasteiger partial charge in [-0.1, -0.05) is 35.3 Å². The number of tetrazole rings is 1. The third kappa shape index (κ3) is 8.39. The van der Waals surface area contributed by atoms with Crippen molar-refractivity contribution < 1.29 is 24.2 Å². The minimum Gasteiger partial charge on any atom is -0.496 e. The van der Waals surface area contributed by atoms with Crippen molar-refractivity contribution in [1.29, 1.82) is 0 Å². The second-order valence-electron chi connectivity index (χ2n) is 14.5. The summed E-state index contributed by atoms with van der Waals surface area (Å²) in [5.74, 6) is -0.554. The van der Waals surface area contributed by atoms with Gasteiger partial charge in [0.15, 0.2) is 0 Å². The van der Waals surface area contributed by atoms with E-state index in [9.17, 15) is 19.5 Å². The molecule has 1 unspecified atom stereocenters. The average molecular weight is 792 g/mol. The van der Waals surface area contributed by atoms with Gasteiger partial charge in [0.2, 0.25) is 0 Å². The monoisotopic (exact) mass is 790 g/mol. The third-order valence-corrected chi connectivity index (χ3v) is 12.1. The van der Waals surface area contributed by atoms with Crippen molar-refractivity contribution >= 4 is 41.1 Å². The Kier molecular flexibility index (Phi) is 11.5. The number of nitrogens with one attached hydrogen (secondary N) is 1. The third-order valence-electron chi connectivity index (χ3n) is 11.3. The topological polar surface area (TPSA) is 162 Å². The lowest BCUT2D eigenvalue weighted by molar-refractivity contribution is -0.138. The van der Waals surface area contributed by atoms with Crippen LogP contribution in [0.15, 0.2) is 67.1 Å². The van der Waals surface area contributed by atoms with Crippen molar-refractivity contribution in [3.8, 4) is 11.4 Å². The maximum atomic E-state index is 14.2. The summed E-state index contributed by atoms with van der Waals surface area (Å²) in [6.45, 7) is 5.13. The fraction of sp³-hybridized carbons (Fsp3) is 0.447. The molecule has 0 bridgehead atoms. The number of piperidine rings is 1. The van der Waals surface area contributed by atoms with Gasteiger partial charge in [0.05, 0.1) is 46.2 Å². The molecule has 0 saturated carbocycles. The van der Waals surface area contributed by atoms with Crippen molar-refractivity contribution in [2.75, 3.05) is 72.6 Å². The number of likely N-dealkylation sites (tertiary alicyclic amines) is 2. The fourth-order valence-corrected chi connectivity index (χ4v) is 8.42. The Balaban J connectivity index is 1.06. The standard InChI is InChI=1S/C38H44Cl2N10O5/c1-55-32-8-6-28(50-26-42-44-45-50)23-29(32)35(53)49-17-10-37(25-49,27-5-7-30(39)31(40)22-27)9-14-46-15-11-38(12-16-46,33-4-2-3-13-41-33)43-36(54)48-20-18-47(19-21-48)24-34(51)52/h2-8,13,22-23,26H,9-12,14-21,24-25H2,1H3,(H,43,54)(H,51,52). The van der Waals surface area contributed by atoms with E-state index in [0.717, 1.165) is 43.7 Å². The first-order chi connectivity index (χ1) is 26.6. The predicted octanol–water partition coefficient (Wildman–Crippen LogP) is 3.95. The molecule has 7 rings (SSSR count). The first-order valence-corrected chi connectivity index (χ1v) is 19.1. The molecule has 0 aliphatic carbocycles. The van der Waals surface area contributed by atoms with Gasteiger partial charge >= 0.3 is 12.0 Å². The SMILES string of the molecule is COc1ccc(-n2cnnn2)cc1C(=O)N1CCC(CCN2CCC(NC(=O)N3CCN(CC(=O)O)CC3)(c3ccccn3)CC2)(c2ccc(Cl)c(Cl)c2)C1. The lowest BCUT2D eigenvalue weighted by Crippen LogP contribution is -2.59. The minimum atomic E-state index is -0.870. The Labute approximate surface area is 329 Å². The number of carboxylic acid groups (broad SMARTS) is 1. The zero-order valence-electron chi connectivity index (χ0n) is 30.6. The van der Waals surface area contributed by atoms with Gasteiger partial charge in [0.1, 0.15) is 12.1 Å². The van der Waals surface area contributed by atoms with Gasteiger partial charge in [-0.2, -0.15) is 0 Å². The fourth-order valence-electron chi connectivity index (χ4n) is 8.12. The van der Waals surface area contributed by atoms with E-state index in [1.54, 1.807) is 36.4 Å². The molecular formula is C38H44Cl2N10O5. The first kappa shape index (κ1) is 38.4. The molecule has 3 aliphatic heterocycles. The molecular weight excluding hydrogens is 747 g/mol. The number of aromatic nitrogens is 5. The number of aliphatic carboxylic acids is 1. The van der Waals surface area contributed by atoms with Gasteiger partial charge in [-0.25, -0.2) is 9.48 Å². The highest BCUT2D eigenvalue weighted by Gasteiger charge is 2.44. The van der Waals surface area contributed by atoms with Crippen molar-refractivity contribution in [2.45, 2.75) is 36.6 Å². The van der Waals surface area contributed by atoms with Crippen molar-refractivity contribution in [1.82, 2.24) is 50.1 Å². The maximum Gasteiger partial charge on any atom is 0.318 e. The molecule has 3 fully saturated rings. The highest BCUT2D eigenvalue weighted by Crippen LogP contribution is 2.42. The van der Waals surface area contributed by atoms with Gasteiger partial charge in [-0.05, 0) is 90.7 Å². The number of urea groups is 1. The summed E-state index contributed by atoms with van der Waals surface area (Å²) in [4.78, 5) is 51.7. The van der Waals surface area contributed by atoms with Crippen molar-refractivity contribution in [3.05, 3.63) is 94.0 Å². The number of ether oxygens (including phenoxy) is 1. The maximum absolute atomic E-state index is 14.2. The molecule has 3 saturated heterocycles. The summed E-state index contributed by atoms with van der Waals surface area (Å²) in [7, 11) is 1.55. The van der Waals surface area contributed by atoms with E-state index >= 15 is 0 Å². The zero-order valence-corrected chi connectivity index (χ0v) is 32.1. The van der Waals surface area contributed by atoms with Crippen LogP contribution in [0.4, 0.5) is 4.79 Å². The highest BCUT2D eigenvalue weighted by molar-refractivity contribution is 6.42. The lowest BCUT2D eigenvalue weighted by Gasteiger charge is -2.44. The van der Waals surface area contributed by atoms with Crippen LogP contribution in [-0.2, 0) is 15.7 Å². The van der Waals surface area contributed by atoms with E-state index in [2.05, 4.69) is 25.7 Å². The number of benzene rings is 2. The summed E-state index contributed by atoms with van der Waals surface area (Å²) in [6.07, 6.45) is 6.05. The van der Waals surface area contributed by atoms with Gasteiger partial charge in [-0.15, -0.1) is 5.10 Å². The largest absolute Gasteiger partial charge is 0.496 e. The number of methoxy groups -OCH3 is 1. The number of carboxylic acids is 1. The quantitative estimate of drug-likeness (QED) is 0.226. The molecule has 15 nitrogen and oxygen atoms in total. The number of carbonyl (C=O) groups excluding carboxylic acids is 2. The summed E-state index contributed by atoms with van der Waals surface area (Å²) in [6, 6.07) is 16.7. The normalized spacial score (nSPS) is 20.3. The zero-order chi connectivity index (χ0) is 38.6. The van der Waals surface area contributed by atoms with E-state index in [1.165, 1.54) is 11.0 Å². The molecule has 55 heavy (non-hydrogen) atoms. The number of nitrogens with zero attached hydrogens (tertiary/aromatic N) is 9. The molecule has 2 aromatic heterocycles. The van der Waals surface area contributed by atoms with Crippen LogP contribution in [0.5, 0.6) is 5.75 Å². The van der Waals surface area contributed by atoms with E-state index in [1.807, 2.05) is 46.2 Å². The highest BCUT2D eigenvalue weighted by atomic mass is 35.5. The van der Waals surface area contributed by atoms with Gasteiger partial charge in [0, 0.05) is 64.0 Å². The smallest absolute Gasteiger partial charge is 0.318 e. The molecule has 0 spiro atoms. The van der Waals surface area contributed by atoms with Crippen LogP contribution >= 0.6 is 23.2 Å². The summed E-state index contributed by atoms with van der Waals surface area (Å²) in [5.41, 5.74) is 1.88. The number of rotatable bonds is 11. The lowest BCUT2D eigenvalue weighted by atomic mass is 9.76. The van der Waals surface area contributed by atoms with Crippen molar-refractivity contribution in [2.24, 2.45) is 0 Å². The van der Waals surface area contributed by atoms with Crippen molar-refractivity contribution in [3.63, 3.8) is 0 Å². The van der Waals surface area contributed by atoms with Crippen LogP contribution < -0.4 is 10.1 Å². The molecule has 290 valence electrons. The number of piperazine rings is 1. The molecule has 3 aliphatic rings. The Morgan fingerprint density at radius 2 is 1.69 bits per heavy atom. The molecule has 2 N–H and O–H groups in total. The Bertz CT molecular complexity index is 1990. The Morgan fingerprint density at radius 1 is 0.891 bits per heavy atom. The predicted molar refractivity (Wildman–Crippen MR) is 205 cm³/mol. The van der Waals surface area contributed by atoms with Crippen LogP contribution in [0.25, 0.3) is 5.69 Å². The van der Waals surface area contributed by atoms with Crippen LogP contribution in [0.1, 0.15) is 47.3 Å². The van der Waals surface area contributed by atoms with Gasteiger partial charge < -0.3 is 29.9 Å². The van der Waals surface area contributed by atoms with E-state index in [-0.39, 0.29) is 18.5 Å². The molecule has 5 heterocycles. The van der Waals surface area contributed by atoms with Crippen LogP contribution in [0.2, 0.25) is 10.0 Å². The number of carbonyl (C=O) groups is 3. The van der Waals surface area contributed by atoms with Crippen LogP contribution in [0, 0.1) is 0 Å². The van der Waals surface area contributed by atoms with Gasteiger partial charge in [0.25, 0.3) is 5.91 Å². The Morgan fingerprint density at radius 3 is 2.36 bits per heavy atom. The average Bonchev–Trinajstić information content (AvgIpc) is 3.91.